The molecule has 37 heavy (non-hydrogen) atoms. The number of esters is 1. The number of carbonyl (C=O) groups is 1. The number of carbonyl (C=O) groups excluding carboxylic acids is 1. The van der Waals surface area contributed by atoms with Gasteiger partial charge < -0.3 is 33.2 Å². The molecule has 0 N–H and O–H groups in total. The molecule has 6 rings (SSSR count). The van der Waals surface area contributed by atoms with Crippen LogP contribution in [0, 0.1) is 0 Å². The van der Waals surface area contributed by atoms with Crippen LogP contribution in [0.1, 0.15) is 44.8 Å². The topological polar surface area (TPSA) is 88.2 Å². The van der Waals surface area contributed by atoms with Crippen molar-refractivity contribution in [3.05, 3.63) is 39.9 Å². The zero-order chi connectivity index (χ0) is 25.7. The first kappa shape index (κ1) is 24.1. The molecule has 2 unspecified atom stereocenters. The van der Waals surface area contributed by atoms with Gasteiger partial charge in [-0.05, 0) is 25.1 Å². The largest absolute Gasteiger partial charge is 0.493 e. The Morgan fingerprint density at radius 1 is 0.973 bits per heavy atom. The number of hydrogen-bond donors (Lipinski definition) is 0. The number of fused-ring (bicyclic) bond motifs is 3. The normalized spacial score (nSPS) is 22.9. The number of hydrogen-bond acceptors (Lipinski definition) is 10. The van der Waals surface area contributed by atoms with E-state index in [2.05, 4.69) is 9.80 Å². The lowest BCUT2D eigenvalue weighted by Crippen LogP contribution is -2.39. The molecule has 2 atom stereocenters. The molecule has 0 aliphatic carbocycles. The van der Waals surface area contributed by atoms with E-state index in [-0.39, 0.29) is 12.8 Å². The molecule has 10 nitrogen and oxygen atoms in total. The predicted molar refractivity (Wildman–Crippen MR) is 132 cm³/mol. The number of nitrogens with zero attached hydrogens (tertiary/aromatic N) is 2. The van der Waals surface area contributed by atoms with Gasteiger partial charge in [-0.1, -0.05) is 6.07 Å². The number of methoxy groups -OCH3 is 3. The van der Waals surface area contributed by atoms with E-state index in [9.17, 15) is 4.79 Å². The molecule has 2 aromatic carbocycles. The molecule has 0 saturated carbocycles. The summed E-state index contributed by atoms with van der Waals surface area (Å²) in [5.74, 6) is 2.45. The fourth-order valence-electron chi connectivity index (χ4n) is 6.07. The standard InChI is InChI=1S/C27H32N2O8/c1-28-8-7-15-17(13-29-9-11-34-12-10-29)23-26(36-14-35-23)25(33-4)19(15)21(28)22-16-5-6-18(31-2)24(32-3)20(16)27(30)37-22/h5-6,21-22H,7-14H2,1-4H3. The predicted octanol–water partition coefficient (Wildman–Crippen LogP) is 2.71. The Labute approximate surface area is 215 Å². The Balaban J connectivity index is 1.51. The first-order valence-corrected chi connectivity index (χ1v) is 12.5. The van der Waals surface area contributed by atoms with Crippen LogP contribution in [0.2, 0.25) is 0 Å². The van der Waals surface area contributed by atoms with E-state index in [4.69, 9.17) is 33.2 Å². The van der Waals surface area contributed by atoms with E-state index in [1.807, 2.05) is 19.2 Å². The van der Waals surface area contributed by atoms with Crippen molar-refractivity contribution in [2.45, 2.75) is 25.1 Å². The molecule has 0 amide bonds. The van der Waals surface area contributed by atoms with Crippen molar-refractivity contribution in [2.75, 3.05) is 68.0 Å². The highest BCUT2D eigenvalue weighted by atomic mass is 16.7. The molecule has 1 saturated heterocycles. The summed E-state index contributed by atoms with van der Waals surface area (Å²) in [4.78, 5) is 17.8. The monoisotopic (exact) mass is 512 g/mol. The van der Waals surface area contributed by atoms with Crippen molar-refractivity contribution in [3.63, 3.8) is 0 Å². The molecule has 4 aliphatic rings. The first-order chi connectivity index (χ1) is 18.1. The Morgan fingerprint density at radius 2 is 1.73 bits per heavy atom. The summed E-state index contributed by atoms with van der Waals surface area (Å²) in [6.45, 7) is 4.79. The minimum absolute atomic E-state index is 0.142. The first-order valence-electron chi connectivity index (χ1n) is 12.5. The minimum atomic E-state index is -0.558. The lowest BCUT2D eigenvalue weighted by molar-refractivity contribution is 0.00853. The van der Waals surface area contributed by atoms with Gasteiger partial charge in [-0.15, -0.1) is 0 Å². The average Bonchev–Trinajstić information content (AvgIpc) is 3.53. The van der Waals surface area contributed by atoms with Gasteiger partial charge in [-0.3, -0.25) is 9.80 Å². The van der Waals surface area contributed by atoms with E-state index < -0.39 is 12.1 Å². The third-order valence-corrected chi connectivity index (χ3v) is 7.81. The fraction of sp³-hybridized carbons (Fsp3) is 0.519. The van der Waals surface area contributed by atoms with Gasteiger partial charge in [0.2, 0.25) is 12.5 Å². The second kappa shape index (κ2) is 9.59. The summed E-state index contributed by atoms with van der Waals surface area (Å²) in [6.07, 6.45) is 0.255. The molecule has 10 heteroatoms. The fourth-order valence-corrected chi connectivity index (χ4v) is 6.07. The number of benzene rings is 2. The molecule has 4 heterocycles. The van der Waals surface area contributed by atoms with Gasteiger partial charge in [-0.2, -0.15) is 0 Å². The highest BCUT2D eigenvalue weighted by Gasteiger charge is 2.47. The smallest absolute Gasteiger partial charge is 0.343 e. The number of ether oxygens (including phenoxy) is 7. The van der Waals surface area contributed by atoms with Gasteiger partial charge in [0.25, 0.3) is 0 Å². The zero-order valence-electron chi connectivity index (χ0n) is 21.6. The Hall–Kier alpha value is -3.21. The van der Waals surface area contributed by atoms with Crippen LogP contribution < -0.4 is 23.7 Å². The highest BCUT2D eigenvalue weighted by molar-refractivity contribution is 5.98. The van der Waals surface area contributed by atoms with Crippen LogP contribution in [0.5, 0.6) is 28.7 Å². The van der Waals surface area contributed by atoms with E-state index in [1.165, 1.54) is 12.7 Å². The van der Waals surface area contributed by atoms with Crippen LogP contribution in [0.4, 0.5) is 0 Å². The Bertz CT molecular complexity index is 1230. The van der Waals surface area contributed by atoms with Crippen LogP contribution in [0.25, 0.3) is 0 Å². The summed E-state index contributed by atoms with van der Waals surface area (Å²) >= 11 is 0. The van der Waals surface area contributed by atoms with Gasteiger partial charge in [0.1, 0.15) is 11.7 Å². The molecule has 0 bridgehead atoms. The number of rotatable bonds is 6. The molecule has 0 spiro atoms. The van der Waals surface area contributed by atoms with Crippen LogP contribution in [0.3, 0.4) is 0 Å². The maximum absolute atomic E-state index is 13.2. The molecule has 0 radical (unpaired) electrons. The van der Waals surface area contributed by atoms with Crippen molar-refractivity contribution in [1.82, 2.24) is 9.80 Å². The van der Waals surface area contributed by atoms with Gasteiger partial charge in [0, 0.05) is 42.9 Å². The van der Waals surface area contributed by atoms with E-state index in [1.54, 1.807) is 14.2 Å². The summed E-state index contributed by atoms with van der Waals surface area (Å²) in [7, 11) is 6.78. The maximum Gasteiger partial charge on any atom is 0.343 e. The van der Waals surface area contributed by atoms with Gasteiger partial charge in [0.15, 0.2) is 23.0 Å². The van der Waals surface area contributed by atoms with E-state index in [0.717, 1.165) is 55.0 Å². The molecule has 0 aromatic heterocycles. The Kier molecular flexibility index (Phi) is 6.26. The van der Waals surface area contributed by atoms with Crippen molar-refractivity contribution in [2.24, 2.45) is 0 Å². The van der Waals surface area contributed by atoms with E-state index in [0.29, 0.717) is 41.8 Å². The van der Waals surface area contributed by atoms with Crippen LogP contribution in [0.15, 0.2) is 12.1 Å². The van der Waals surface area contributed by atoms with E-state index >= 15 is 0 Å². The average molecular weight is 513 g/mol. The van der Waals surface area contributed by atoms with Crippen LogP contribution in [-0.2, 0) is 22.4 Å². The quantitative estimate of drug-likeness (QED) is 0.539. The molecule has 1 fully saturated rings. The van der Waals surface area contributed by atoms with Crippen molar-refractivity contribution < 1.29 is 38.0 Å². The number of morpholine rings is 1. The lowest BCUT2D eigenvalue weighted by Gasteiger charge is -2.40. The molecule has 2 aromatic rings. The van der Waals surface area contributed by atoms with Gasteiger partial charge >= 0.3 is 5.97 Å². The van der Waals surface area contributed by atoms with Gasteiger partial charge in [-0.25, -0.2) is 4.79 Å². The second-order valence-corrected chi connectivity index (χ2v) is 9.62. The van der Waals surface area contributed by atoms with Crippen molar-refractivity contribution in [1.29, 1.82) is 0 Å². The third kappa shape index (κ3) is 3.77. The van der Waals surface area contributed by atoms with Crippen molar-refractivity contribution >= 4 is 5.97 Å². The summed E-state index contributed by atoms with van der Waals surface area (Å²) in [6, 6.07) is 3.42. The molecule has 4 aliphatic heterocycles. The highest BCUT2D eigenvalue weighted by Crippen LogP contribution is 2.57. The van der Waals surface area contributed by atoms with Crippen LogP contribution in [-0.4, -0.2) is 83.8 Å². The number of likely N-dealkylation sites (N-methyl/N-ethyl adjacent to an activating group) is 1. The maximum atomic E-state index is 13.2. The molecular formula is C27H32N2O8. The summed E-state index contributed by atoms with van der Waals surface area (Å²) in [5, 5.41) is 0. The van der Waals surface area contributed by atoms with Crippen molar-refractivity contribution in [3.8, 4) is 28.7 Å². The molecule has 198 valence electrons. The van der Waals surface area contributed by atoms with Crippen LogP contribution >= 0.6 is 0 Å². The lowest BCUT2D eigenvalue weighted by atomic mass is 9.83. The van der Waals surface area contributed by atoms with Gasteiger partial charge in [0.05, 0.1) is 40.6 Å². The third-order valence-electron chi connectivity index (χ3n) is 7.81. The SMILES string of the molecule is COc1ccc2c(c1OC)C(=O)OC2C1c2c(c(CN3CCOCC3)c3c(c2OC)OCO3)CCN1C. The number of cyclic esters (lactones) is 1. The summed E-state index contributed by atoms with van der Waals surface area (Å²) in [5.41, 5.74) is 4.42. The zero-order valence-corrected chi connectivity index (χ0v) is 21.6. The second-order valence-electron chi connectivity index (χ2n) is 9.62. The minimum Gasteiger partial charge on any atom is -0.493 e. The molecular weight excluding hydrogens is 480 g/mol. The summed E-state index contributed by atoms with van der Waals surface area (Å²) < 4.78 is 40.6. The Morgan fingerprint density at radius 3 is 2.46 bits per heavy atom.